The molecule has 9 heteroatoms. The number of rotatable bonds is 3. The van der Waals surface area contributed by atoms with Crippen LogP contribution in [-0.4, -0.2) is 35.3 Å². The van der Waals surface area contributed by atoms with Crippen molar-refractivity contribution in [3.8, 4) is 33.1 Å². The maximum Gasteiger partial charge on any atom is 0.176 e. The highest BCUT2D eigenvalue weighted by Crippen LogP contribution is 2.35. The first-order valence-corrected chi connectivity index (χ1v) is 9.66. The number of hydrogen-bond acceptors (Lipinski definition) is 5. The number of halogens is 1. The fourth-order valence-electron chi connectivity index (χ4n) is 3.47. The molecule has 6 rings (SSSR count). The molecule has 0 fully saturated rings. The van der Waals surface area contributed by atoms with E-state index in [1.807, 2.05) is 24.3 Å². The van der Waals surface area contributed by atoms with Gasteiger partial charge in [0.1, 0.15) is 16.9 Å². The fourth-order valence-corrected chi connectivity index (χ4v) is 4.24. The predicted molar refractivity (Wildman–Crippen MR) is 110 cm³/mol. The maximum atomic E-state index is 13.5. The Bertz CT molecular complexity index is 1480. The van der Waals surface area contributed by atoms with Crippen LogP contribution in [0.15, 0.2) is 55.0 Å². The van der Waals surface area contributed by atoms with Gasteiger partial charge in [-0.2, -0.15) is 14.6 Å². The summed E-state index contributed by atoms with van der Waals surface area (Å²) in [6.07, 6.45) is 5.24. The summed E-state index contributed by atoms with van der Waals surface area (Å²) in [7, 11) is 0. The highest BCUT2D eigenvalue weighted by Gasteiger charge is 2.16. The molecule has 140 valence electrons. The van der Waals surface area contributed by atoms with E-state index in [2.05, 4.69) is 30.4 Å². The van der Waals surface area contributed by atoms with Crippen molar-refractivity contribution in [2.45, 2.75) is 0 Å². The predicted octanol–water partition coefficient (Wildman–Crippen LogP) is 4.76. The second kappa shape index (κ2) is 6.08. The normalized spacial score (nSPS) is 11.6. The van der Waals surface area contributed by atoms with Crippen molar-refractivity contribution in [3.63, 3.8) is 0 Å². The highest BCUT2D eigenvalue weighted by atomic mass is 32.1. The molecule has 0 aliphatic heterocycles. The zero-order valence-electron chi connectivity index (χ0n) is 14.8. The number of thiophene rings is 1. The van der Waals surface area contributed by atoms with Gasteiger partial charge < -0.3 is 4.98 Å². The van der Waals surface area contributed by atoms with Crippen molar-refractivity contribution in [1.29, 1.82) is 0 Å². The summed E-state index contributed by atoms with van der Waals surface area (Å²) in [6, 6.07) is 11.0. The largest absolute Gasteiger partial charge is 0.338 e. The summed E-state index contributed by atoms with van der Waals surface area (Å²) in [4.78, 5) is 13.4. The smallest absolute Gasteiger partial charge is 0.176 e. The van der Waals surface area contributed by atoms with Gasteiger partial charge in [0.05, 0.1) is 23.1 Å². The quantitative estimate of drug-likeness (QED) is 0.398. The number of pyridine rings is 2. The molecule has 6 aromatic rings. The zero-order chi connectivity index (χ0) is 19.4. The van der Waals surface area contributed by atoms with Crippen LogP contribution >= 0.6 is 11.3 Å². The average Bonchev–Trinajstić information content (AvgIpc) is 3.51. The number of aromatic amines is 3. The molecule has 0 radical (unpaired) electrons. The van der Waals surface area contributed by atoms with E-state index in [1.165, 1.54) is 6.07 Å². The number of nitrogens with one attached hydrogen (secondary N) is 3. The van der Waals surface area contributed by atoms with Gasteiger partial charge in [0.2, 0.25) is 0 Å². The van der Waals surface area contributed by atoms with Gasteiger partial charge in [0.15, 0.2) is 5.13 Å². The SMILES string of the molecule is Fc1ccc(-c2ccnc3[nH]c(-c4n[nH]c5ccc(-c6cn[nH]c6)nc45)cc23)s1. The zero-order valence-corrected chi connectivity index (χ0v) is 15.6. The molecule has 6 heterocycles. The first kappa shape index (κ1) is 16.1. The van der Waals surface area contributed by atoms with E-state index in [1.54, 1.807) is 24.7 Å². The Hall–Kier alpha value is -3.85. The average molecular weight is 401 g/mol. The van der Waals surface area contributed by atoms with Gasteiger partial charge in [0.25, 0.3) is 0 Å². The van der Waals surface area contributed by atoms with Crippen LogP contribution in [0.1, 0.15) is 0 Å². The van der Waals surface area contributed by atoms with Gasteiger partial charge in [-0.15, -0.1) is 11.3 Å². The van der Waals surface area contributed by atoms with Crippen LogP contribution in [0.25, 0.3) is 55.2 Å². The Morgan fingerprint density at radius 1 is 1.07 bits per heavy atom. The minimum atomic E-state index is -0.213. The molecule has 0 amide bonds. The molecular weight excluding hydrogens is 389 g/mol. The van der Waals surface area contributed by atoms with Crippen molar-refractivity contribution in [2.75, 3.05) is 0 Å². The van der Waals surface area contributed by atoms with E-state index in [9.17, 15) is 4.39 Å². The van der Waals surface area contributed by atoms with Crippen LogP contribution in [0.5, 0.6) is 0 Å². The second-order valence-corrected chi connectivity index (χ2v) is 7.59. The Labute approximate surface area is 166 Å². The van der Waals surface area contributed by atoms with E-state index in [0.29, 0.717) is 11.3 Å². The summed E-state index contributed by atoms with van der Waals surface area (Å²) in [5.74, 6) is 0. The van der Waals surface area contributed by atoms with E-state index >= 15 is 0 Å². The molecule has 6 aromatic heterocycles. The second-order valence-electron chi connectivity index (χ2n) is 6.56. The standard InChI is InChI=1S/C20H12FN7S/c21-17-4-3-16(29-17)11-5-6-22-20-12(11)7-15(26-20)19-18-14(27-28-19)2-1-13(25-18)10-8-23-24-9-10/h1-9H,(H,22,26)(H,23,24)(H,27,28). The van der Waals surface area contributed by atoms with Crippen LogP contribution in [0.4, 0.5) is 4.39 Å². The van der Waals surface area contributed by atoms with Crippen molar-refractivity contribution >= 4 is 33.4 Å². The van der Waals surface area contributed by atoms with Crippen LogP contribution < -0.4 is 0 Å². The Morgan fingerprint density at radius 2 is 2.03 bits per heavy atom. The molecule has 0 saturated carbocycles. The van der Waals surface area contributed by atoms with Gasteiger partial charge in [-0.25, -0.2) is 9.97 Å². The lowest BCUT2D eigenvalue weighted by atomic mass is 10.1. The molecule has 3 N–H and O–H groups in total. The van der Waals surface area contributed by atoms with Gasteiger partial charge in [-0.05, 0) is 36.4 Å². The lowest BCUT2D eigenvalue weighted by Crippen LogP contribution is -1.84. The van der Waals surface area contributed by atoms with Crippen LogP contribution in [0.3, 0.4) is 0 Å². The molecule has 0 saturated heterocycles. The minimum Gasteiger partial charge on any atom is -0.338 e. The Kier molecular flexibility index (Phi) is 3.38. The minimum absolute atomic E-state index is 0.213. The van der Waals surface area contributed by atoms with E-state index in [-0.39, 0.29) is 5.13 Å². The van der Waals surface area contributed by atoms with Gasteiger partial charge in [-0.1, -0.05) is 0 Å². The van der Waals surface area contributed by atoms with Crippen molar-refractivity contribution < 1.29 is 4.39 Å². The van der Waals surface area contributed by atoms with Gasteiger partial charge in [-0.3, -0.25) is 10.2 Å². The van der Waals surface area contributed by atoms with Gasteiger partial charge >= 0.3 is 0 Å². The topological polar surface area (TPSA) is 98.9 Å². The third-order valence-corrected chi connectivity index (χ3v) is 5.73. The first-order valence-electron chi connectivity index (χ1n) is 8.84. The van der Waals surface area contributed by atoms with Crippen molar-refractivity contribution in [3.05, 3.63) is 60.1 Å². The van der Waals surface area contributed by atoms with E-state index in [0.717, 1.165) is 55.1 Å². The van der Waals surface area contributed by atoms with Crippen LogP contribution in [0.2, 0.25) is 0 Å². The molecule has 0 spiro atoms. The number of nitrogens with zero attached hydrogens (tertiary/aromatic N) is 4. The molecule has 0 aliphatic rings. The van der Waals surface area contributed by atoms with Crippen LogP contribution in [0, 0.1) is 5.13 Å². The lowest BCUT2D eigenvalue weighted by Gasteiger charge is -1.98. The van der Waals surface area contributed by atoms with E-state index < -0.39 is 0 Å². The first-order chi connectivity index (χ1) is 14.3. The van der Waals surface area contributed by atoms with Gasteiger partial charge in [0, 0.05) is 33.8 Å². The number of fused-ring (bicyclic) bond motifs is 2. The molecule has 0 aromatic carbocycles. The molecule has 7 nitrogen and oxygen atoms in total. The Morgan fingerprint density at radius 3 is 2.86 bits per heavy atom. The summed E-state index contributed by atoms with van der Waals surface area (Å²) in [5, 5.41) is 15.0. The van der Waals surface area contributed by atoms with Crippen molar-refractivity contribution in [2.24, 2.45) is 0 Å². The number of hydrogen-bond donors (Lipinski definition) is 3. The molecule has 0 atom stereocenters. The molecular formula is C20H12FN7S. The lowest BCUT2D eigenvalue weighted by molar-refractivity contribution is 0.657. The third kappa shape index (κ3) is 2.55. The van der Waals surface area contributed by atoms with Crippen molar-refractivity contribution in [1.82, 2.24) is 35.3 Å². The fraction of sp³-hybridized carbons (Fsp3) is 0. The summed E-state index contributed by atoms with van der Waals surface area (Å²) in [6.45, 7) is 0. The molecule has 0 unspecified atom stereocenters. The third-order valence-electron chi connectivity index (χ3n) is 4.83. The van der Waals surface area contributed by atoms with E-state index in [4.69, 9.17) is 4.98 Å². The monoisotopic (exact) mass is 401 g/mol. The summed E-state index contributed by atoms with van der Waals surface area (Å²) < 4.78 is 13.5. The Balaban J connectivity index is 1.53. The summed E-state index contributed by atoms with van der Waals surface area (Å²) in [5.41, 5.74) is 6.43. The molecule has 0 bridgehead atoms. The molecule has 29 heavy (non-hydrogen) atoms. The maximum absolute atomic E-state index is 13.5. The number of aromatic nitrogens is 7. The molecule has 0 aliphatic carbocycles. The number of H-pyrrole nitrogens is 3. The van der Waals surface area contributed by atoms with Crippen LogP contribution in [-0.2, 0) is 0 Å². The summed E-state index contributed by atoms with van der Waals surface area (Å²) >= 11 is 1.11. The highest BCUT2D eigenvalue weighted by molar-refractivity contribution is 7.14.